The Kier molecular flexibility index (Phi) is 5.80. The minimum absolute atomic E-state index is 0.452. The van der Waals surface area contributed by atoms with Crippen LogP contribution in [0.4, 0.5) is 0 Å². The van der Waals surface area contributed by atoms with Crippen LogP contribution in [-0.2, 0) is 11.3 Å². The number of hydrogen-bond acceptors (Lipinski definition) is 2. The van der Waals surface area contributed by atoms with Crippen LogP contribution in [0.5, 0.6) is 5.75 Å². The van der Waals surface area contributed by atoms with Crippen molar-refractivity contribution in [1.82, 2.24) is 0 Å². The molecule has 0 saturated heterocycles. The fourth-order valence-corrected chi connectivity index (χ4v) is 1.97. The van der Waals surface area contributed by atoms with E-state index in [1.165, 1.54) is 5.56 Å². The third-order valence-corrected chi connectivity index (χ3v) is 2.91. The summed E-state index contributed by atoms with van der Waals surface area (Å²) in [7, 11) is 3.43. The van der Waals surface area contributed by atoms with Gasteiger partial charge in [-0.1, -0.05) is 15.9 Å². The first-order valence-electron chi connectivity index (χ1n) is 5.32. The third-order valence-electron chi connectivity index (χ3n) is 2.41. The van der Waals surface area contributed by atoms with E-state index in [1.54, 1.807) is 14.2 Å². The zero-order valence-corrected chi connectivity index (χ0v) is 11.6. The highest BCUT2D eigenvalue weighted by Gasteiger charge is 2.08. The van der Waals surface area contributed by atoms with Gasteiger partial charge < -0.3 is 14.8 Å². The van der Waals surface area contributed by atoms with E-state index >= 15 is 0 Å². The van der Waals surface area contributed by atoms with Crippen molar-refractivity contribution in [3.8, 4) is 5.75 Å². The van der Waals surface area contributed by atoms with Crippen molar-refractivity contribution >= 4 is 15.9 Å². The second kappa shape index (κ2) is 6.89. The molecular formula is C12H19BrNO2+. The lowest BCUT2D eigenvalue weighted by Gasteiger charge is -2.12. The number of methoxy groups -OCH3 is 2. The lowest BCUT2D eigenvalue weighted by atomic mass is 10.2. The number of nitrogens with two attached hydrogens (primary N) is 1. The minimum atomic E-state index is 0.452. The van der Waals surface area contributed by atoms with Crippen molar-refractivity contribution in [3.05, 3.63) is 28.2 Å². The Morgan fingerprint density at radius 3 is 2.75 bits per heavy atom. The number of benzene rings is 1. The molecule has 0 aliphatic heterocycles. The van der Waals surface area contributed by atoms with E-state index in [0.29, 0.717) is 6.04 Å². The highest BCUT2D eigenvalue weighted by atomic mass is 79.9. The normalized spacial score (nSPS) is 12.5. The molecule has 0 heterocycles. The number of quaternary nitrogens is 1. The predicted octanol–water partition coefficient (Wildman–Crippen LogP) is 1.56. The van der Waals surface area contributed by atoms with Crippen LogP contribution in [0.15, 0.2) is 22.7 Å². The molecule has 0 saturated carbocycles. The lowest BCUT2D eigenvalue weighted by Crippen LogP contribution is -2.88. The van der Waals surface area contributed by atoms with Crippen molar-refractivity contribution in [2.75, 3.05) is 20.8 Å². The molecule has 16 heavy (non-hydrogen) atoms. The van der Waals surface area contributed by atoms with E-state index in [-0.39, 0.29) is 0 Å². The summed E-state index contributed by atoms with van der Waals surface area (Å²) in [5, 5.41) is 2.24. The lowest BCUT2D eigenvalue weighted by molar-refractivity contribution is -0.702. The fourth-order valence-electron chi connectivity index (χ4n) is 1.57. The van der Waals surface area contributed by atoms with Crippen LogP contribution >= 0.6 is 15.9 Å². The van der Waals surface area contributed by atoms with Gasteiger partial charge in [-0.05, 0) is 25.1 Å². The van der Waals surface area contributed by atoms with Gasteiger partial charge in [0.2, 0.25) is 0 Å². The SMILES string of the molecule is COC[C@@H](C)[NH2+]Cc1cc(Br)ccc1OC. The van der Waals surface area contributed by atoms with E-state index in [0.717, 1.165) is 23.4 Å². The maximum Gasteiger partial charge on any atom is 0.127 e. The van der Waals surface area contributed by atoms with Crippen molar-refractivity contribution in [1.29, 1.82) is 0 Å². The Morgan fingerprint density at radius 1 is 1.38 bits per heavy atom. The molecule has 0 unspecified atom stereocenters. The average Bonchev–Trinajstić information content (AvgIpc) is 2.27. The number of hydrogen-bond donors (Lipinski definition) is 1. The average molecular weight is 289 g/mol. The van der Waals surface area contributed by atoms with Gasteiger partial charge in [0.1, 0.15) is 18.3 Å². The van der Waals surface area contributed by atoms with Gasteiger partial charge in [0.05, 0.1) is 13.7 Å². The molecule has 3 nitrogen and oxygen atoms in total. The van der Waals surface area contributed by atoms with E-state index in [9.17, 15) is 0 Å². The molecule has 1 atom stereocenters. The molecule has 90 valence electrons. The summed E-state index contributed by atoms with van der Waals surface area (Å²) in [6, 6.07) is 6.51. The molecule has 2 N–H and O–H groups in total. The number of halogens is 1. The number of ether oxygens (including phenoxy) is 2. The zero-order chi connectivity index (χ0) is 12.0. The standard InChI is InChI=1S/C12H18BrNO2/c1-9(8-15-2)14-7-10-6-11(13)4-5-12(10)16-3/h4-6,9,14H,7-8H2,1-3H3/p+1/t9-/m1/s1. The second-order valence-corrected chi connectivity index (χ2v) is 4.74. The first-order valence-corrected chi connectivity index (χ1v) is 6.11. The molecule has 1 aromatic carbocycles. The molecule has 0 fully saturated rings. The Morgan fingerprint density at radius 2 is 2.12 bits per heavy atom. The first kappa shape index (κ1) is 13.5. The summed E-state index contributed by atoms with van der Waals surface area (Å²) < 4.78 is 11.5. The van der Waals surface area contributed by atoms with Crippen molar-refractivity contribution in [2.45, 2.75) is 19.5 Å². The van der Waals surface area contributed by atoms with Crippen LogP contribution in [0.3, 0.4) is 0 Å². The summed E-state index contributed by atoms with van der Waals surface area (Å²) in [5.74, 6) is 0.934. The predicted molar refractivity (Wildman–Crippen MR) is 67.7 cm³/mol. The first-order chi connectivity index (χ1) is 7.67. The highest BCUT2D eigenvalue weighted by Crippen LogP contribution is 2.21. The fraction of sp³-hybridized carbons (Fsp3) is 0.500. The monoisotopic (exact) mass is 288 g/mol. The van der Waals surface area contributed by atoms with Gasteiger partial charge in [-0.3, -0.25) is 0 Å². The highest BCUT2D eigenvalue weighted by molar-refractivity contribution is 9.10. The Bertz CT molecular complexity index is 331. The molecule has 1 aromatic rings. The summed E-state index contributed by atoms with van der Waals surface area (Å²) >= 11 is 3.47. The Hall–Kier alpha value is -0.580. The molecule has 0 aliphatic carbocycles. The van der Waals surface area contributed by atoms with Gasteiger partial charge in [-0.2, -0.15) is 0 Å². The summed E-state index contributed by atoms with van der Waals surface area (Å²) in [5.41, 5.74) is 1.19. The summed E-state index contributed by atoms with van der Waals surface area (Å²) in [6.45, 7) is 3.80. The van der Waals surface area contributed by atoms with Gasteiger partial charge in [-0.25, -0.2) is 0 Å². The van der Waals surface area contributed by atoms with Crippen LogP contribution in [0, 0.1) is 0 Å². The smallest absolute Gasteiger partial charge is 0.127 e. The number of rotatable bonds is 6. The van der Waals surface area contributed by atoms with Gasteiger partial charge in [0.25, 0.3) is 0 Å². The van der Waals surface area contributed by atoms with Gasteiger partial charge in [-0.15, -0.1) is 0 Å². The molecule has 0 radical (unpaired) electrons. The summed E-state index contributed by atoms with van der Waals surface area (Å²) in [4.78, 5) is 0. The molecule has 0 aromatic heterocycles. The third kappa shape index (κ3) is 4.12. The van der Waals surface area contributed by atoms with Crippen molar-refractivity contribution in [3.63, 3.8) is 0 Å². The largest absolute Gasteiger partial charge is 0.496 e. The van der Waals surface area contributed by atoms with E-state index < -0.39 is 0 Å². The van der Waals surface area contributed by atoms with Gasteiger partial charge >= 0.3 is 0 Å². The Labute approximate surface area is 105 Å². The van der Waals surface area contributed by atoms with Crippen molar-refractivity contribution < 1.29 is 14.8 Å². The molecule has 1 rings (SSSR count). The molecule has 0 amide bonds. The van der Waals surface area contributed by atoms with E-state index in [1.807, 2.05) is 12.1 Å². The minimum Gasteiger partial charge on any atom is -0.496 e. The van der Waals surface area contributed by atoms with Crippen LogP contribution in [0.25, 0.3) is 0 Å². The van der Waals surface area contributed by atoms with Crippen LogP contribution < -0.4 is 10.1 Å². The van der Waals surface area contributed by atoms with Gasteiger partial charge in [0.15, 0.2) is 0 Å². The zero-order valence-electron chi connectivity index (χ0n) is 10.00. The van der Waals surface area contributed by atoms with Crippen LogP contribution in [0.2, 0.25) is 0 Å². The van der Waals surface area contributed by atoms with Crippen molar-refractivity contribution in [2.24, 2.45) is 0 Å². The van der Waals surface area contributed by atoms with E-state index in [2.05, 4.69) is 34.2 Å². The van der Waals surface area contributed by atoms with E-state index in [4.69, 9.17) is 9.47 Å². The van der Waals surface area contributed by atoms with Gasteiger partial charge in [0, 0.05) is 17.1 Å². The Balaban J connectivity index is 2.61. The molecule has 0 spiro atoms. The second-order valence-electron chi connectivity index (χ2n) is 3.83. The topological polar surface area (TPSA) is 35.1 Å². The van der Waals surface area contributed by atoms with Crippen LogP contribution in [0.1, 0.15) is 12.5 Å². The molecule has 0 aliphatic rings. The molecular weight excluding hydrogens is 270 g/mol. The maximum atomic E-state index is 5.32. The summed E-state index contributed by atoms with van der Waals surface area (Å²) in [6.07, 6.45) is 0. The molecule has 0 bridgehead atoms. The quantitative estimate of drug-likeness (QED) is 0.862. The van der Waals surface area contributed by atoms with Crippen LogP contribution in [-0.4, -0.2) is 26.9 Å². The maximum absolute atomic E-state index is 5.32. The molecule has 4 heteroatoms.